The van der Waals surface area contributed by atoms with Gasteiger partial charge in [0, 0.05) is 36.9 Å². The van der Waals surface area contributed by atoms with Crippen LogP contribution in [0.25, 0.3) is 0 Å². The SMILES string of the molecule is CC(C)(C)NC(=O)N1CCCC(COc2ccncc2)C1. The number of carbonyl (C=O) groups excluding carboxylic acids is 1. The molecule has 2 heterocycles. The van der Waals surface area contributed by atoms with Gasteiger partial charge in [0.05, 0.1) is 6.61 Å². The molecule has 1 aromatic rings. The van der Waals surface area contributed by atoms with Crippen LogP contribution in [0.4, 0.5) is 4.79 Å². The first-order valence-corrected chi connectivity index (χ1v) is 7.54. The van der Waals surface area contributed by atoms with Gasteiger partial charge in [0.2, 0.25) is 0 Å². The normalized spacial score (nSPS) is 19.2. The molecule has 0 spiro atoms. The van der Waals surface area contributed by atoms with Gasteiger partial charge in [-0.2, -0.15) is 0 Å². The topological polar surface area (TPSA) is 54.5 Å². The molecule has 5 nitrogen and oxygen atoms in total. The summed E-state index contributed by atoms with van der Waals surface area (Å²) in [5, 5.41) is 3.02. The van der Waals surface area contributed by atoms with Crippen LogP contribution in [0.2, 0.25) is 0 Å². The molecule has 0 aromatic carbocycles. The molecule has 1 saturated heterocycles. The van der Waals surface area contributed by atoms with Gasteiger partial charge in [-0.15, -0.1) is 0 Å². The molecule has 1 aliphatic rings. The number of carbonyl (C=O) groups is 1. The lowest BCUT2D eigenvalue weighted by atomic mass is 9.99. The standard InChI is InChI=1S/C16H25N3O2/c1-16(2,3)18-15(20)19-10-4-5-13(11-19)12-21-14-6-8-17-9-7-14/h6-9,13H,4-5,10-12H2,1-3H3,(H,18,20). The van der Waals surface area contributed by atoms with E-state index in [1.807, 2.05) is 37.8 Å². The Labute approximate surface area is 126 Å². The number of rotatable bonds is 3. The Hall–Kier alpha value is -1.78. The molecular weight excluding hydrogens is 266 g/mol. The lowest BCUT2D eigenvalue weighted by Crippen LogP contribution is -2.51. The molecule has 116 valence electrons. The van der Waals surface area contributed by atoms with E-state index in [9.17, 15) is 4.79 Å². The monoisotopic (exact) mass is 291 g/mol. The van der Waals surface area contributed by atoms with E-state index < -0.39 is 0 Å². The molecule has 1 fully saturated rings. The second-order valence-electron chi connectivity index (χ2n) is 6.63. The van der Waals surface area contributed by atoms with Gasteiger partial charge in [-0.3, -0.25) is 4.98 Å². The predicted octanol–water partition coefficient (Wildman–Crippen LogP) is 2.68. The first-order chi connectivity index (χ1) is 9.94. The highest BCUT2D eigenvalue weighted by Gasteiger charge is 2.26. The highest BCUT2D eigenvalue weighted by Crippen LogP contribution is 2.19. The number of hydrogen-bond acceptors (Lipinski definition) is 3. The van der Waals surface area contributed by atoms with E-state index in [0.29, 0.717) is 12.5 Å². The molecule has 1 N–H and O–H groups in total. The second kappa shape index (κ2) is 6.78. The fraction of sp³-hybridized carbons (Fsp3) is 0.625. The number of ether oxygens (including phenoxy) is 1. The van der Waals surface area contributed by atoms with Crippen LogP contribution in [-0.2, 0) is 0 Å². The van der Waals surface area contributed by atoms with Gasteiger partial charge in [0.25, 0.3) is 0 Å². The highest BCUT2D eigenvalue weighted by molar-refractivity contribution is 5.75. The predicted molar refractivity (Wildman–Crippen MR) is 82.3 cm³/mol. The maximum absolute atomic E-state index is 12.2. The fourth-order valence-corrected chi connectivity index (χ4v) is 2.43. The van der Waals surface area contributed by atoms with Gasteiger partial charge in [0.15, 0.2) is 0 Å². The molecule has 0 saturated carbocycles. The fourth-order valence-electron chi connectivity index (χ4n) is 2.43. The van der Waals surface area contributed by atoms with Gasteiger partial charge >= 0.3 is 6.03 Å². The highest BCUT2D eigenvalue weighted by atomic mass is 16.5. The Morgan fingerprint density at radius 1 is 1.43 bits per heavy atom. The summed E-state index contributed by atoms with van der Waals surface area (Å²) in [5.74, 6) is 1.22. The van der Waals surface area contributed by atoms with Crippen LogP contribution >= 0.6 is 0 Å². The maximum atomic E-state index is 12.2. The van der Waals surface area contributed by atoms with Crippen molar-refractivity contribution in [2.75, 3.05) is 19.7 Å². The minimum Gasteiger partial charge on any atom is -0.493 e. The zero-order chi connectivity index (χ0) is 15.3. The molecular formula is C16H25N3O2. The van der Waals surface area contributed by atoms with Crippen LogP contribution in [0.1, 0.15) is 33.6 Å². The number of likely N-dealkylation sites (tertiary alicyclic amines) is 1. The third kappa shape index (κ3) is 5.25. The number of nitrogens with zero attached hydrogens (tertiary/aromatic N) is 2. The van der Waals surface area contributed by atoms with Crippen LogP contribution < -0.4 is 10.1 Å². The Balaban J connectivity index is 1.82. The van der Waals surface area contributed by atoms with E-state index in [1.54, 1.807) is 12.4 Å². The Kier molecular flexibility index (Phi) is 5.04. The summed E-state index contributed by atoms with van der Waals surface area (Å²) in [6.45, 7) is 8.22. The van der Waals surface area contributed by atoms with Gasteiger partial charge in [-0.25, -0.2) is 4.79 Å². The number of nitrogens with one attached hydrogen (secondary N) is 1. The third-order valence-electron chi connectivity index (χ3n) is 3.42. The molecule has 1 unspecified atom stereocenters. The summed E-state index contributed by atoms with van der Waals surface area (Å²) in [7, 11) is 0. The Morgan fingerprint density at radius 2 is 2.14 bits per heavy atom. The summed E-state index contributed by atoms with van der Waals surface area (Å²) < 4.78 is 5.78. The molecule has 1 aliphatic heterocycles. The minimum absolute atomic E-state index is 0.0242. The first-order valence-electron chi connectivity index (χ1n) is 7.54. The molecule has 0 radical (unpaired) electrons. The van der Waals surface area contributed by atoms with Gasteiger partial charge in [-0.05, 0) is 45.7 Å². The smallest absolute Gasteiger partial charge is 0.317 e. The number of pyridine rings is 1. The number of aromatic nitrogens is 1. The van der Waals surface area contributed by atoms with Crippen molar-refractivity contribution in [3.05, 3.63) is 24.5 Å². The van der Waals surface area contributed by atoms with E-state index in [-0.39, 0.29) is 11.6 Å². The van der Waals surface area contributed by atoms with Crippen molar-refractivity contribution < 1.29 is 9.53 Å². The van der Waals surface area contributed by atoms with E-state index in [2.05, 4.69) is 10.3 Å². The quantitative estimate of drug-likeness (QED) is 0.931. The van der Waals surface area contributed by atoms with Crippen molar-refractivity contribution in [3.8, 4) is 5.75 Å². The molecule has 0 bridgehead atoms. The Bertz CT molecular complexity index is 456. The molecule has 21 heavy (non-hydrogen) atoms. The zero-order valence-corrected chi connectivity index (χ0v) is 13.1. The van der Waals surface area contributed by atoms with Gasteiger partial charge in [0.1, 0.15) is 5.75 Å². The summed E-state index contributed by atoms with van der Waals surface area (Å²) >= 11 is 0. The van der Waals surface area contributed by atoms with E-state index in [0.717, 1.165) is 31.7 Å². The summed E-state index contributed by atoms with van der Waals surface area (Å²) in [6.07, 6.45) is 5.57. The molecule has 1 aromatic heterocycles. The molecule has 1 atom stereocenters. The molecule has 2 rings (SSSR count). The first kappa shape index (κ1) is 15.6. The van der Waals surface area contributed by atoms with E-state index in [4.69, 9.17) is 4.74 Å². The molecule has 5 heteroatoms. The number of amides is 2. The summed E-state index contributed by atoms with van der Waals surface area (Å²) in [5.41, 5.74) is -0.197. The maximum Gasteiger partial charge on any atom is 0.317 e. The lowest BCUT2D eigenvalue weighted by Gasteiger charge is -2.34. The van der Waals surface area contributed by atoms with E-state index >= 15 is 0 Å². The van der Waals surface area contributed by atoms with Gasteiger partial charge < -0.3 is 15.0 Å². The zero-order valence-electron chi connectivity index (χ0n) is 13.1. The average molecular weight is 291 g/mol. The van der Waals surface area contributed by atoms with Crippen molar-refractivity contribution in [1.82, 2.24) is 15.2 Å². The van der Waals surface area contributed by atoms with Crippen LogP contribution in [0, 0.1) is 5.92 Å². The second-order valence-corrected chi connectivity index (χ2v) is 6.63. The average Bonchev–Trinajstić information content (AvgIpc) is 2.45. The Morgan fingerprint density at radius 3 is 2.81 bits per heavy atom. The van der Waals surface area contributed by atoms with Crippen molar-refractivity contribution in [2.45, 2.75) is 39.2 Å². The third-order valence-corrected chi connectivity index (χ3v) is 3.42. The lowest BCUT2D eigenvalue weighted by molar-refractivity contribution is 0.133. The molecule has 0 aliphatic carbocycles. The molecule has 2 amide bonds. The van der Waals surface area contributed by atoms with Crippen LogP contribution in [0.15, 0.2) is 24.5 Å². The number of urea groups is 1. The van der Waals surface area contributed by atoms with Gasteiger partial charge in [-0.1, -0.05) is 0 Å². The van der Waals surface area contributed by atoms with Crippen LogP contribution in [0.5, 0.6) is 5.75 Å². The summed E-state index contributed by atoms with van der Waals surface area (Å²) in [4.78, 5) is 18.1. The van der Waals surface area contributed by atoms with Crippen molar-refractivity contribution in [2.24, 2.45) is 5.92 Å². The van der Waals surface area contributed by atoms with Crippen LogP contribution in [-0.4, -0.2) is 41.2 Å². The van der Waals surface area contributed by atoms with E-state index in [1.165, 1.54) is 0 Å². The number of piperidine rings is 1. The van der Waals surface area contributed by atoms with Crippen LogP contribution in [0.3, 0.4) is 0 Å². The summed E-state index contributed by atoms with van der Waals surface area (Å²) in [6, 6.07) is 3.73. The minimum atomic E-state index is -0.197. The number of hydrogen-bond donors (Lipinski definition) is 1. The van der Waals surface area contributed by atoms with Crippen molar-refractivity contribution in [1.29, 1.82) is 0 Å². The van der Waals surface area contributed by atoms with Crippen molar-refractivity contribution >= 4 is 6.03 Å². The largest absolute Gasteiger partial charge is 0.493 e. The van der Waals surface area contributed by atoms with Crippen molar-refractivity contribution in [3.63, 3.8) is 0 Å².